The van der Waals surface area contributed by atoms with E-state index in [1.54, 1.807) is 43.3 Å². The molecule has 0 aromatic heterocycles. The predicted octanol–water partition coefficient (Wildman–Crippen LogP) is 4.50. The van der Waals surface area contributed by atoms with Crippen molar-refractivity contribution in [3.05, 3.63) is 52.0 Å². The van der Waals surface area contributed by atoms with Crippen LogP contribution in [-0.2, 0) is 26.2 Å². The molecule has 2 amide bonds. The average molecular weight is 601 g/mol. The Hall–Kier alpha value is -2.69. The minimum atomic E-state index is -3.88. The van der Waals surface area contributed by atoms with Gasteiger partial charge in [0.15, 0.2) is 11.5 Å². The van der Waals surface area contributed by atoms with E-state index in [2.05, 4.69) is 5.32 Å². The number of anilines is 1. The Morgan fingerprint density at radius 2 is 1.72 bits per heavy atom. The summed E-state index contributed by atoms with van der Waals surface area (Å²) in [5.74, 6) is -0.0111. The largest absolute Gasteiger partial charge is 0.486 e. The number of carbonyl (C=O) groups excluding carboxylic acids is 2. The van der Waals surface area contributed by atoms with E-state index in [4.69, 9.17) is 32.7 Å². The van der Waals surface area contributed by atoms with Gasteiger partial charge in [-0.3, -0.25) is 13.9 Å². The molecule has 2 aromatic rings. The molecule has 0 fully saturated rings. The van der Waals surface area contributed by atoms with Crippen LogP contribution in [0.1, 0.15) is 39.7 Å². The number of nitrogens with zero attached hydrogens (tertiary/aromatic N) is 2. The van der Waals surface area contributed by atoms with Crippen LogP contribution in [0.2, 0.25) is 10.0 Å². The minimum Gasteiger partial charge on any atom is -0.486 e. The van der Waals surface area contributed by atoms with Crippen LogP contribution in [0.15, 0.2) is 36.4 Å². The zero-order valence-electron chi connectivity index (χ0n) is 22.6. The van der Waals surface area contributed by atoms with Crippen LogP contribution in [0.25, 0.3) is 0 Å². The highest BCUT2D eigenvalue weighted by atomic mass is 35.5. The number of fused-ring (bicyclic) bond motifs is 1. The molecular weight excluding hydrogens is 565 g/mol. The van der Waals surface area contributed by atoms with E-state index in [1.165, 1.54) is 11.8 Å². The SMILES string of the molecule is CC[C@@H](C(=O)NCC(C)C)N(Cc1ccc(Cl)cc1Cl)C(=O)CN(c1ccc2c(c1)OCCO2)S(=O)(=O)CC. The fraction of sp³-hybridized carbons (Fsp3) is 0.481. The van der Waals surface area contributed by atoms with E-state index >= 15 is 0 Å². The molecule has 0 spiro atoms. The molecule has 0 bridgehead atoms. The Morgan fingerprint density at radius 1 is 1.03 bits per heavy atom. The van der Waals surface area contributed by atoms with Gasteiger partial charge in [0.1, 0.15) is 25.8 Å². The van der Waals surface area contributed by atoms with Crippen molar-refractivity contribution in [1.29, 1.82) is 0 Å². The van der Waals surface area contributed by atoms with Gasteiger partial charge in [0, 0.05) is 29.2 Å². The molecular formula is C27H35Cl2N3O6S. The second kappa shape index (κ2) is 13.6. The summed E-state index contributed by atoms with van der Waals surface area (Å²) in [7, 11) is -3.88. The van der Waals surface area contributed by atoms with Crippen molar-refractivity contribution >= 4 is 50.7 Å². The molecule has 1 aliphatic heterocycles. The maximum Gasteiger partial charge on any atom is 0.244 e. The van der Waals surface area contributed by atoms with Crippen molar-refractivity contribution in [2.75, 3.05) is 36.4 Å². The summed E-state index contributed by atoms with van der Waals surface area (Å²) in [6.07, 6.45) is 0.311. The first-order valence-electron chi connectivity index (χ1n) is 12.9. The molecule has 0 radical (unpaired) electrons. The normalized spacial score (nSPS) is 13.6. The number of halogens is 2. The van der Waals surface area contributed by atoms with Gasteiger partial charge in [-0.15, -0.1) is 0 Å². The number of sulfonamides is 1. The predicted molar refractivity (Wildman–Crippen MR) is 153 cm³/mol. The van der Waals surface area contributed by atoms with Crippen LogP contribution in [0.5, 0.6) is 11.5 Å². The highest BCUT2D eigenvalue weighted by Gasteiger charge is 2.33. The molecule has 0 saturated heterocycles. The summed E-state index contributed by atoms with van der Waals surface area (Å²) in [6, 6.07) is 8.77. The molecule has 1 atom stereocenters. The molecule has 39 heavy (non-hydrogen) atoms. The van der Waals surface area contributed by atoms with Gasteiger partial charge in [-0.2, -0.15) is 0 Å². The standard InChI is InChI=1S/C27H35Cl2N3O6S/c1-5-23(27(34)30-15-18(3)4)31(16-19-7-8-20(28)13-22(19)29)26(33)17-32(39(35,36)6-2)21-9-10-24-25(14-21)38-12-11-37-24/h7-10,13-14,18,23H,5-6,11-12,15-17H2,1-4H3,(H,30,34)/t23-/m0/s1. The molecule has 0 saturated carbocycles. The monoisotopic (exact) mass is 599 g/mol. The van der Waals surface area contributed by atoms with Gasteiger partial charge < -0.3 is 19.7 Å². The minimum absolute atomic E-state index is 0.0103. The van der Waals surface area contributed by atoms with Gasteiger partial charge in [0.25, 0.3) is 0 Å². The van der Waals surface area contributed by atoms with Gasteiger partial charge in [-0.25, -0.2) is 8.42 Å². The Kier molecular flexibility index (Phi) is 10.7. The van der Waals surface area contributed by atoms with E-state index in [0.29, 0.717) is 53.3 Å². The molecule has 1 N–H and O–H groups in total. The number of hydrogen-bond donors (Lipinski definition) is 1. The lowest BCUT2D eigenvalue weighted by Crippen LogP contribution is -2.52. The Balaban J connectivity index is 1.99. The van der Waals surface area contributed by atoms with E-state index in [-0.39, 0.29) is 29.8 Å². The topological polar surface area (TPSA) is 105 Å². The number of rotatable bonds is 12. The van der Waals surface area contributed by atoms with Crippen LogP contribution in [0.3, 0.4) is 0 Å². The molecule has 0 aliphatic carbocycles. The fourth-order valence-electron chi connectivity index (χ4n) is 4.08. The van der Waals surface area contributed by atoms with Crippen molar-refractivity contribution in [2.45, 2.75) is 46.7 Å². The number of hydrogen-bond acceptors (Lipinski definition) is 6. The van der Waals surface area contributed by atoms with E-state index in [9.17, 15) is 18.0 Å². The van der Waals surface area contributed by atoms with Crippen LogP contribution >= 0.6 is 23.2 Å². The van der Waals surface area contributed by atoms with Crippen molar-refractivity contribution in [3.63, 3.8) is 0 Å². The lowest BCUT2D eigenvalue weighted by molar-refractivity contribution is -0.140. The zero-order chi connectivity index (χ0) is 28.7. The second-order valence-corrected chi connectivity index (χ2v) is 12.6. The third-order valence-corrected chi connectivity index (χ3v) is 8.55. The molecule has 214 valence electrons. The average Bonchev–Trinajstić information content (AvgIpc) is 2.91. The van der Waals surface area contributed by atoms with Gasteiger partial charge >= 0.3 is 0 Å². The Labute approximate surface area is 240 Å². The molecule has 9 nitrogen and oxygen atoms in total. The number of nitrogens with one attached hydrogen (secondary N) is 1. The maximum absolute atomic E-state index is 13.9. The molecule has 12 heteroatoms. The molecule has 3 rings (SSSR count). The van der Waals surface area contributed by atoms with Gasteiger partial charge in [0.2, 0.25) is 21.8 Å². The third-order valence-electron chi connectivity index (χ3n) is 6.22. The quantitative estimate of drug-likeness (QED) is 0.385. The van der Waals surface area contributed by atoms with E-state index < -0.39 is 28.5 Å². The smallest absolute Gasteiger partial charge is 0.244 e. The first kappa shape index (κ1) is 30.8. The van der Waals surface area contributed by atoms with Crippen molar-refractivity contribution in [1.82, 2.24) is 10.2 Å². The third kappa shape index (κ3) is 7.93. The first-order valence-corrected chi connectivity index (χ1v) is 15.2. The Bertz CT molecular complexity index is 1290. The van der Waals surface area contributed by atoms with Crippen LogP contribution < -0.4 is 19.1 Å². The van der Waals surface area contributed by atoms with Crippen molar-refractivity contribution in [3.8, 4) is 11.5 Å². The lowest BCUT2D eigenvalue weighted by Gasteiger charge is -2.33. The number of ether oxygens (including phenoxy) is 2. The molecule has 1 aliphatic rings. The maximum atomic E-state index is 13.9. The molecule has 2 aromatic carbocycles. The second-order valence-electron chi connectivity index (χ2n) is 9.56. The summed E-state index contributed by atoms with van der Waals surface area (Å²) < 4.78 is 38.6. The summed E-state index contributed by atoms with van der Waals surface area (Å²) in [6.45, 7) is 7.87. The lowest BCUT2D eigenvalue weighted by atomic mass is 10.1. The number of carbonyl (C=O) groups is 2. The zero-order valence-corrected chi connectivity index (χ0v) is 24.9. The summed E-state index contributed by atoms with van der Waals surface area (Å²) in [5, 5.41) is 3.66. The fourth-order valence-corrected chi connectivity index (χ4v) is 5.60. The highest BCUT2D eigenvalue weighted by Crippen LogP contribution is 2.35. The van der Waals surface area contributed by atoms with Gasteiger partial charge in [0.05, 0.1) is 11.4 Å². The highest BCUT2D eigenvalue weighted by molar-refractivity contribution is 7.92. The van der Waals surface area contributed by atoms with Crippen molar-refractivity contribution in [2.24, 2.45) is 5.92 Å². The van der Waals surface area contributed by atoms with Crippen LogP contribution in [0.4, 0.5) is 5.69 Å². The first-order chi connectivity index (χ1) is 18.5. The van der Waals surface area contributed by atoms with E-state index in [1.807, 2.05) is 13.8 Å². The van der Waals surface area contributed by atoms with Crippen LogP contribution in [0, 0.1) is 5.92 Å². The summed E-state index contributed by atoms with van der Waals surface area (Å²) in [5.41, 5.74) is 0.838. The number of amides is 2. The molecule has 0 unspecified atom stereocenters. The molecule has 1 heterocycles. The van der Waals surface area contributed by atoms with Crippen molar-refractivity contribution < 1.29 is 27.5 Å². The Morgan fingerprint density at radius 3 is 2.33 bits per heavy atom. The summed E-state index contributed by atoms with van der Waals surface area (Å²) >= 11 is 12.5. The van der Waals surface area contributed by atoms with Gasteiger partial charge in [-0.1, -0.05) is 50.0 Å². The van der Waals surface area contributed by atoms with Gasteiger partial charge in [-0.05, 0) is 49.1 Å². The van der Waals surface area contributed by atoms with E-state index in [0.717, 1.165) is 4.31 Å². The number of benzene rings is 2. The summed E-state index contributed by atoms with van der Waals surface area (Å²) in [4.78, 5) is 28.5. The van der Waals surface area contributed by atoms with Crippen LogP contribution in [-0.4, -0.2) is 63.2 Å².